The zero-order chi connectivity index (χ0) is 19.3. The average molecular weight is 382 g/mol. The topological polar surface area (TPSA) is 37.0 Å². The fraction of sp³-hybridized carbons (Fsp3) is 0.478. The largest absolute Gasteiger partial charge is 0.497 e. The maximum atomic E-state index is 6.11. The summed E-state index contributed by atoms with van der Waals surface area (Å²) < 4.78 is 11.4. The lowest BCUT2D eigenvalue weighted by Crippen LogP contribution is -2.46. The molecule has 2 aliphatic rings. The molecule has 5 heteroatoms. The van der Waals surface area contributed by atoms with E-state index in [9.17, 15) is 0 Å². The van der Waals surface area contributed by atoms with Gasteiger partial charge in [-0.1, -0.05) is 6.07 Å². The lowest BCUT2D eigenvalue weighted by molar-refractivity contribution is 0.0289. The predicted molar refractivity (Wildman–Crippen MR) is 115 cm³/mol. The first kappa shape index (κ1) is 19.1. The van der Waals surface area contributed by atoms with E-state index in [0.29, 0.717) is 0 Å². The quantitative estimate of drug-likeness (QED) is 0.828. The molecule has 0 unspecified atom stereocenters. The normalized spacial score (nSPS) is 19.9. The first-order chi connectivity index (χ1) is 13.8. The van der Waals surface area contributed by atoms with Crippen molar-refractivity contribution in [2.24, 2.45) is 0 Å². The number of anilines is 2. The number of hydrogen-bond donors (Lipinski definition) is 1. The molecule has 0 radical (unpaired) electrons. The van der Waals surface area contributed by atoms with Crippen LogP contribution in [0.2, 0.25) is 0 Å². The minimum absolute atomic E-state index is 0.231. The second kappa shape index (κ2) is 8.84. The summed E-state index contributed by atoms with van der Waals surface area (Å²) in [6.45, 7) is 6.26. The third kappa shape index (κ3) is 4.26. The van der Waals surface area contributed by atoms with Gasteiger partial charge in [0.05, 0.1) is 19.8 Å². The molecule has 4 rings (SSSR count). The first-order valence-corrected chi connectivity index (χ1v) is 10.3. The van der Waals surface area contributed by atoms with Crippen LogP contribution in [0.15, 0.2) is 42.5 Å². The summed E-state index contributed by atoms with van der Waals surface area (Å²) in [4.78, 5) is 5.03. The molecule has 0 bridgehead atoms. The number of nitrogens with one attached hydrogen (secondary N) is 1. The van der Waals surface area contributed by atoms with Crippen molar-refractivity contribution in [3.05, 3.63) is 53.6 Å². The second-order valence-corrected chi connectivity index (χ2v) is 7.59. The molecule has 0 saturated carbocycles. The van der Waals surface area contributed by atoms with Crippen molar-refractivity contribution >= 4 is 11.4 Å². The molecule has 2 aliphatic heterocycles. The van der Waals surface area contributed by atoms with Crippen LogP contribution >= 0.6 is 0 Å². The van der Waals surface area contributed by atoms with Gasteiger partial charge >= 0.3 is 0 Å². The molecule has 0 spiro atoms. The Morgan fingerprint density at radius 1 is 1.07 bits per heavy atom. The van der Waals surface area contributed by atoms with E-state index in [4.69, 9.17) is 9.47 Å². The van der Waals surface area contributed by atoms with Crippen molar-refractivity contribution < 1.29 is 9.47 Å². The Hall–Kier alpha value is -2.24. The van der Waals surface area contributed by atoms with E-state index in [1.165, 1.54) is 22.5 Å². The first-order valence-electron chi connectivity index (χ1n) is 10.3. The number of ether oxygens (including phenoxy) is 2. The van der Waals surface area contributed by atoms with Gasteiger partial charge in [0.15, 0.2) is 0 Å². The van der Waals surface area contributed by atoms with Gasteiger partial charge in [0, 0.05) is 51.1 Å². The fourth-order valence-corrected chi connectivity index (χ4v) is 4.25. The summed E-state index contributed by atoms with van der Waals surface area (Å²) in [5, 5.41) is 3.24. The van der Waals surface area contributed by atoms with E-state index in [2.05, 4.69) is 45.4 Å². The van der Waals surface area contributed by atoms with Gasteiger partial charge in [0.25, 0.3) is 0 Å². The molecule has 2 aromatic rings. The van der Waals surface area contributed by atoms with Gasteiger partial charge in [-0.15, -0.1) is 0 Å². The van der Waals surface area contributed by atoms with E-state index in [1.807, 2.05) is 19.2 Å². The molecule has 0 aromatic heterocycles. The molecular formula is C23H31N3O2. The van der Waals surface area contributed by atoms with Gasteiger partial charge in [-0.05, 0) is 60.4 Å². The van der Waals surface area contributed by atoms with Crippen LogP contribution in [-0.2, 0) is 11.2 Å². The number of nitrogens with zero attached hydrogens (tertiary/aromatic N) is 2. The Morgan fingerprint density at radius 3 is 2.57 bits per heavy atom. The summed E-state index contributed by atoms with van der Waals surface area (Å²) >= 11 is 0. The number of benzene rings is 2. The Balaban J connectivity index is 1.29. The average Bonchev–Trinajstić information content (AvgIpc) is 2.77. The van der Waals surface area contributed by atoms with Crippen molar-refractivity contribution in [1.29, 1.82) is 0 Å². The van der Waals surface area contributed by atoms with Crippen molar-refractivity contribution in [3.8, 4) is 5.75 Å². The zero-order valence-corrected chi connectivity index (χ0v) is 17.0. The molecule has 0 amide bonds. The molecule has 1 saturated heterocycles. The van der Waals surface area contributed by atoms with Crippen LogP contribution in [0, 0.1) is 0 Å². The molecule has 5 nitrogen and oxygen atoms in total. The van der Waals surface area contributed by atoms with Crippen LogP contribution in [0.1, 0.15) is 23.7 Å². The van der Waals surface area contributed by atoms with Gasteiger partial charge in [-0.25, -0.2) is 0 Å². The summed E-state index contributed by atoms with van der Waals surface area (Å²) in [6, 6.07) is 15.1. The Morgan fingerprint density at radius 2 is 1.86 bits per heavy atom. The molecule has 1 atom stereocenters. The van der Waals surface area contributed by atoms with Gasteiger partial charge in [0.1, 0.15) is 5.75 Å². The van der Waals surface area contributed by atoms with Crippen LogP contribution in [-0.4, -0.2) is 58.4 Å². The van der Waals surface area contributed by atoms with E-state index in [1.54, 1.807) is 7.11 Å². The molecule has 1 N–H and O–H groups in total. The minimum atomic E-state index is 0.231. The Bertz CT molecular complexity index is 770. The summed E-state index contributed by atoms with van der Waals surface area (Å²) in [7, 11) is 3.69. The van der Waals surface area contributed by atoms with E-state index < -0.39 is 0 Å². The Labute approximate surface area is 168 Å². The number of fused-ring (bicyclic) bond motifs is 1. The van der Waals surface area contributed by atoms with Crippen LogP contribution in [0.3, 0.4) is 0 Å². The van der Waals surface area contributed by atoms with Crippen molar-refractivity contribution in [3.63, 3.8) is 0 Å². The third-order valence-corrected chi connectivity index (χ3v) is 5.99. The maximum absolute atomic E-state index is 6.11. The van der Waals surface area contributed by atoms with Crippen molar-refractivity contribution in [2.45, 2.75) is 18.9 Å². The lowest BCUT2D eigenvalue weighted by Gasteiger charge is -2.37. The molecule has 2 heterocycles. The molecular weight excluding hydrogens is 350 g/mol. The highest BCUT2D eigenvalue weighted by atomic mass is 16.5. The molecule has 150 valence electrons. The van der Waals surface area contributed by atoms with Crippen LogP contribution in [0.5, 0.6) is 5.75 Å². The van der Waals surface area contributed by atoms with E-state index >= 15 is 0 Å². The SMILES string of the molecule is CNc1ccc2c(c1)CCO[C@H]2CCN1CCN(c2ccc(OC)cc2)CC1. The van der Waals surface area contributed by atoms with Crippen molar-refractivity contribution in [1.82, 2.24) is 4.90 Å². The standard InChI is InChI=1S/C23H31N3O2/c1-24-19-3-8-22-18(17-19)10-16-28-23(22)9-11-25-12-14-26(15-13-25)20-4-6-21(27-2)7-5-20/h3-8,17,23-24H,9-16H2,1-2H3/t23-/m0/s1. The van der Waals surface area contributed by atoms with Crippen molar-refractivity contribution in [2.75, 3.05) is 63.7 Å². The molecule has 1 fully saturated rings. The molecule has 0 aliphatic carbocycles. The summed E-state index contributed by atoms with van der Waals surface area (Å²) in [5.41, 5.74) is 5.29. The van der Waals surface area contributed by atoms with Crippen LogP contribution < -0.4 is 15.0 Å². The van der Waals surface area contributed by atoms with Crippen LogP contribution in [0.4, 0.5) is 11.4 Å². The smallest absolute Gasteiger partial charge is 0.119 e. The van der Waals surface area contributed by atoms with Gasteiger partial charge in [-0.2, -0.15) is 0 Å². The summed E-state index contributed by atoms with van der Waals surface area (Å²) in [5.74, 6) is 0.914. The monoisotopic (exact) mass is 381 g/mol. The van der Waals surface area contributed by atoms with Gasteiger partial charge in [0.2, 0.25) is 0 Å². The number of methoxy groups -OCH3 is 1. The lowest BCUT2D eigenvalue weighted by atomic mass is 9.95. The highest BCUT2D eigenvalue weighted by molar-refractivity contribution is 5.50. The highest BCUT2D eigenvalue weighted by Gasteiger charge is 2.23. The molecule has 2 aromatic carbocycles. The maximum Gasteiger partial charge on any atom is 0.119 e. The number of rotatable bonds is 6. The summed E-state index contributed by atoms with van der Waals surface area (Å²) in [6.07, 6.45) is 2.31. The fourth-order valence-electron chi connectivity index (χ4n) is 4.25. The van der Waals surface area contributed by atoms with E-state index in [-0.39, 0.29) is 6.10 Å². The van der Waals surface area contributed by atoms with Gasteiger partial charge < -0.3 is 19.7 Å². The second-order valence-electron chi connectivity index (χ2n) is 7.59. The zero-order valence-electron chi connectivity index (χ0n) is 17.0. The predicted octanol–water partition coefficient (Wildman–Crippen LogP) is 3.56. The Kier molecular flexibility index (Phi) is 6.03. The number of piperazine rings is 1. The van der Waals surface area contributed by atoms with E-state index in [0.717, 1.165) is 57.9 Å². The van der Waals surface area contributed by atoms with Crippen LogP contribution in [0.25, 0.3) is 0 Å². The third-order valence-electron chi connectivity index (χ3n) is 5.99. The molecule has 28 heavy (non-hydrogen) atoms. The van der Waals surface area contributed by atoms with Gasteiger partial charge in [-0.3, -0.25) is 4.90 Å². The number of hydrogen-bond acceptors (Lipinski definition) is 5. The highest BCUT2D eigenvalue weighted by Crippen LogP contribution is 2.31. The minimum Gasteiger partial charge on any atom is -0.497 e.